The fourth-order valence-corrected chi connectivity index (χ4v) is 5.59. The molecule has 1 saturated carbocycles. The van der Waals surface area contributed by atoms with Crippen LogP contribution in [0.15, 0.2) is 18.2 Å². The predicted octanol–water partition coefficient (Wildman–Crippen LogP) is 6.37. The second-order valence-corrected chi connectivity index (χ2v) is 10.8. The summed E-state index contributed by atoms with van der Waals surface area (Å²) in [6.07, 6.45) is -13.0. The fourth-order valence-electron chi connectivity index (χ4n) is 5.59. The van der Waals surface area contributed by atoms with Crippen molar-refractivity contribution in [3.63, 3.8) is 0 Å². The lowest BCUT2D eigenvalue weighted by molar-refractivity contribution is -0.145. The van der Waals surface area contributed by atoms with Gasteiger partial charge in [-0.1, -0.05) is 6.07 Å². The third-order valence-corrected chi connectivity index (χ3v) is 7.67. The lowest BCUT2D eigenvalue weighted by Crippen LogP contribution is -2.30. The Labute approximate surface area is 240 Å². The van der Waals surface area contributed by atoms with E-state index in [1.165, 1.54) is 19.1 Å². The van der Waals surface area contributed by atoms with Crippen LogP contribution in [0, 0.1) is 5.92 Å². The van der Waals surface area contributed by atoms with Crippen molar-refractivity contribution in [3.8, 4) is 0 Å². The molecule has 1 aromatic carbocycles. The number of imidazole rings is 1. The van der Waals surface area contributed by atoms with E-state index < -0.39 is 90.6 Å². The molecule has 1 aliphatic rings. The number of primary amides is 1. The van der Waals surface area contributed by atoms with Gasteiger partial charge in [-0.2, -0.15) is 31.4 Å². The number of halogens is 8. The molecule has 0 bridgehead atoms. The SMILES string of the molecule is CCn1nc(C(N)=O)c([C@@H](c2nc3ccc([C@@H](C)NC(=O)CCC(F)(F)F)cc3[nH]2)C2CCC(F)(F)CC2)c1C(F)(F)F. The summed E-state index contributed by atoms with van der Waals surface area (Å²) in [6, 6.07) is 3.85. The summed E-state index contributed by atoms with van der Waals surface area (Å²) in [5.74, 6) is -7.13. The maximum Gasteiger partial charge on any atom is 0.433 e. The van der Waals surface area contributed by atoms with Crippen LogP contribution in [-0.2, 0) is 17.5 Å². The highest BCUT2D eigenvalue weighted by molar-refractivity contribution is 5.93. The smallest absolute Gasteiger partial charge is 0.364 e. The summed E-state index contributed by atoms with van der Waals surface area (Å²) in [7, 11) is 0. The summed E-state index contributed by atoms with van der Waals surface area (Å²) < 4.78 is 110. The van der Waals surface area contributed by atoms with E-state index in [0.717, 1.165) is 0 Å². The molecule has 1 aliphatic carbocycles. The first-order valence-electron chi connectivity index (χ1n) is 13.6. The quantitative estimate of drug-likeness (QED) is 0.240. The monoisotopic (exact) mass is 622 g/mol. The number of carbonyl (C=O) groups excluding carboxylic acids is 2. The third kappa shape index (κ3) is 7.26. The Balaban J connectivity index is 1.78. The Morgan fingerprint density at radius 3 is 2.37 bits per heavy atom. The normalized spacial score (nSPS) is 17.6. The van der Waals surface area contributed by atoms with Crippen molar-refractivity contribution in [1.29, 1.82) is 0 Å². The molecule has 3 aromatic rings. The predicted molar refractivity (Wildman–Crippen MR) is 138 cm³/mol. The number of carbonyl (C=O) groups is 2. The average molecular weight is 623 g/mol. The zero-order valence-electron chi connectivity index (χ0n) is 23.2. The number of nitrogens with one attached hydrogen (secondary N) is 2. The number of H-pyrrole nitrogens is 1. The molecule has 0 saturated heterocycles. The van der Waals surface area contributed by atoms with E-state index in [1.807, 2.05) is 0 Å². The van der Waals surface area contributed by atoms with E-state index in [1.54, 1.807) is 13.0 Å². The molecule has 2 amide bonds. The maximum absolute atomic E-state index is 14.4. The van der Waals surface area contributed by atoms with Crippen LogP contribution < -0.4 is 11.1 Å². The van der Waals surface area contributed by atoms with E-state index in [0.29, 0.717) is 15.8 Å². The molecule has 4 rings (SSSR count). The number of nitrogens with two attached hydrogens (primary N) is 1. The van der Waals surface area contributed by atoms with E-state index >= 15 is 0 Å². The number of rotatable bonds is 9. The van der Waals surface area contributed by atoms with E-state index in [-0.39, 0.29) is 30.7 Å². The summed E-state index contributed by atoms with van der Waals surface area (Å²) in [4.78, 5) is 31.8. The molecule has 236 valence electrons. The van der Waals surface area contributed by atoms with Crippen LogP contribution in [-0.4, -0.2) is 43.7 Å². The van der Waals surface area contributed by atoms with Gasteiger partial charge in [-0.25, -0.2) is 13.8 Å². The molecule has 2 heterocycles. The number of benzene rings is 1. The van der Waals surface area contributed by atoms with Crippen molar-refractivity contribution in [2.75, 3.05) is 0 Å². The van der Waals surface area contributed by atoms with E-state index in [2.05, 4.69) is 20.4 Å². The Hall–Kier alpha value is -3.72. The molecule has 16 heteroatoms. The maximum atomic E-state index is 14.4. The second-order valence-electron chi connectivity index (χ2n) is 10.8. The number of aromatic nitrogens is 4. The Kier molecular flexibility index (Phi) is 8.80. The van der Waals surface area contributed by atoms with Gasteiger partial charge in [-0.3, -0.25) is 14.3 Å². The van der Waals surface area contributed by atoms with Crippen molar-refractivity contribution in [2.24, 2.45) is 11.7 Å². The van der Waals surface area contributed by atoms with Crippen molar-refractivity contribution >= 4 is 22.8 Å². The summed E-state index contributed by atoms with van der Waals surface area (Å²) >= 11 is 0. The molecule has 1 fully saturated rings. The molecule has 2 aromatic heterocycles. The molecule has 0 unspecified atom stereocenters. The zero-order valence-corrected chi connectivity index (χ0v) is 23.2. The van der Waals surface area contributed by atoms with Gasteiger partial charge in [0.1, 0.15) is 11.5 Å². The first kappa shape index (κ1) is 32.2. The van der Waals surface area contributed by atoms with Crippen molar-refractivity contribution in [2.45, 2.75) is 89.2 Å². The topological polar surface area (TPSA) is 119 Å². The molecule has 43 heavy (non-hydrogen) atoms. The number of hydrogen-bond acceptors (Lipinski definition) is 4. The highest BCUT2D eigenvalue weighted by Crippen LogP contribution is 2.48. The second kappa shape index (κ2) is 11.8. The van der Waals surface area contributed by atoms with Gasteiger partial charge in [0.2, 0.25) is 11.8 Å². The Morgan fingerprint density at radius 1 is 1.16 bits per heavy atom. The van der Waals surface area contributed by atoms with Gasteiger partial charge >= 0.3 is 12.4 Å². The van der Waals surface area contributed by atoms with Gasteiger partial charge in [-0.05, 0) is 50.3 Å². The van der Waals surface area contributed by atoms with Gasteiger partial charge in [0.15, 0.2) is 5.69 Å². The molecule has 2 atom stereocenters. The van der Waals surface area contributed by atoms with Gasteiger partial charge in [-0.15, -0.1) is 0 Å². The highest BCUT2D eigenvalue weighted by Gasteiger charge is 2.47. The molecular formula is C27H30F8N6O2. The average Bonchev–Trinajstić information content (AvgIpc) is 3.49. The van der Waals surface area contributed by atoms with Crippen molar-refractivity contribution in [3.05, 3.63) is 46.5 Å². The minimum atomic E-state index is -4.97. The highest BCUT2D eigenvalue weighted by atomic mass is 19.4. The number of aryl methyl sites for hydroxylation is 1. The van der Waals surface area contributed by atoms with Crippen molar-refractivity contribution in [1.82, 2.24) is 25.1 Å². The first-order valence-corrected chi connectivity index (χ1v) is 13.6. The van der Waals surface area contributed by atoms with Crippen LogP contribution in [0.2, 0.25) is 0 Å². The summed E-state index contributed by atoms with van der Waals surface area (Å²) in [6.45, 7) is 2.70. The standard InChI is InChI=1S/C27H30F8N6O2/c1-3-41-22(27(33,34)35)20(21(40-41)23(36)43)19(14-6-9-25(28,29)10-7-14)24-38-16-5-4-15(12-17(16)39-24)13(2)37-18(42)8-11-26(30,31)32/h4-5,12-14,19H,3,6-11H2,1-2H3,(H2,36,43)(H,37,42)(H,38,39)/t13-,19+/m1/s1. The van der Waals surface area contributed by atoms with Gasteiger partial charge in [0, 0.05) is 37.3 Å². The van der Waals surface area contributed by atoms with Crippen LogP contribution in [0.4, 0.5) is 35.1 Å². The molecule has 0 spiro atoms. The number of aromatic amines is 1. The van der Waals surface area contributed by atoms with Crippen LogP contribution in [0.25, 0.3) is 11.0 Å². The number of hydrogen-bond donors (Lipinski definition) is 3. The van der Waals surface area contributed by atoms with Gasteiger partial charge in [0.05, 0.1) is 23.5 Å². The lowest BCUT2D eigenvalue weighted by Gasteiger charge is -2.33. The lowest BCUT2D eigenvalue weighted by atomic mass is 9.74. The number of amides is 2. The first-order chi connectivity index (χ1) is 19.9. The minimum absolute atomic E-state index is 0.0205. The molecule has 8 nitrogen and oxygen atoms in total. The van der Waals surface area contributed by atoms with Gasteiger partial charge in [0.25, 0.3) is 5.91 Å². The Morgan fingerprint density at radius 2 is 1.81 bits per heavy atom. The number of nitrogens with zero attached hydrogens (tertiary/aromatic N) is 3. The third-order valence-electron chi connectivity index (χ3n) is 7.67. The summed E-state index contributed by atoms with van der Waals surface area (Å²) in [5, 5.41) is 6.30. The van der Waals surface area contributed by atoms with Crippen LogP contribution in [0.3, 0.4) is 0 Å². The van der Waals surface area contributed by atoms with Crippen LogP contribution in [0.1, 0.15) is 97.5 Å². The molecule has 0 radical (unpaired) electrons. The largest absolute Gasteiger partial charge is 0.433 e. The summed E-state index contributed by atoms with van der Waals surface area (Å²) in [5.41, 5.74) is 4.14. The molecule has 4 N–H and O–H groups in total. The van der Waals surface area contributed by atoms with Crippen LogP contribution >= 0.6 is 0 Å². The molecular weight excluding hydrogens is 592 g/mol. The van der Waals surface area contributed by atoms with E-state index in [9.17, 15) is 44.7 Å². The number of alkyl halides is 8. The Bertz CT molecular complexity index is 1480. The fraction of sp³-hybridized carbons (Fsp3) is 0.556. The van der Waals surface area contributed by atoms with Crippen molar-refractivity contribution < 1.29 is 44.7 Å². The minimum Gasteiger partial charge on any atom is -0.364 e. The molecule has 0 aliphatic heterocycles. The van der Waals surface area contributed by atoms with Gasteiger partial charge < -0.3 is 16.0 Å². The number of fused-ring (bicyclic) bond motifs is 1. The zero-order chi connectivity index (χ0) is 31.9. The van der Waals surface area contributed by atoms with E-state index in [4.69, 9.17) is 5.73 Å². The van der Waals surface area contributed by atoms with Crippen LogP contribution in [0.5, 0.6) is 0 Å².